The standard InChI is InChI=1S/C15H16BrClO/c16-14-6-4-13-11-15(7-5-12(13)10-14)18-9-3-1-2-8-17/h4-7,10-11H,1-3,8-9H2. The van der Waals surface area contributed by atoms with E-state index in [9.17, 15) is 0 Å². The molecule has 0 spiro atoms. The van der Waals surface area contributed by atoms with Gasteiger partial charge in [-0.25, -0.2) is 0 Å². The summed E-state index contributed by atoms with van der Waals surface area (Å²) in [7, 11) is 0. The molecule has 0 unspecified atom stereocenters. The van der Waals surface area contributed by atoms with Gasteiger partial charge in [0.05, 0.1) is 6.61 Å². The zero-order valence-electron chi connectivity index (χ0n) is 10.2. The number of unbranched alkanes of at least 4 members (excludes halogenated alkanes) is 2. The Morgan fingerprint density at radius 1 is 0.944 bits per heavy atom. The normalized spacial score (nSPS) is 10.8. The predicted octanol–water partition coefficient (Wildman–Crippen LogP) is 5.39. The van der Waals surface area contributed by atoms with Gasteiger partial charge in [0.15, 0.2) is 0 Å². The molecule has 0 fully saturated rings. The van der Waals surface area contributed by atoms with Crippen LogP contribution in [0.25, 0.3) is 10.8 Å². The molecule has 3 heteroatoms. The third kappa shape index (κ3) is 3.89. The molecule has 0 heterocycles. The third-order valence-electron chi connectivity index (χ3n) is 2.82. The molecule has 0 bridgehead atoms. The van der Waals surface area contributed by atoms with Gasteiger partial charge in [0.25, 0.3) is 0 Å². The molecule has 2 rings (SSSR count). The zero-order valence-corrected chi connectivity index (χ0v) is 12.5. The number of ether oxygens (including phenoxy) is 1. The summed E-state index contributed by atoms with van der Waals surface area (Å²) in [5, 5.41) is 2.43. The van der Waals surface area contributed by atoms with E-state index >= 15 is 0 Å². The van der Waals surface area contributed by atoms with E-state index in [1.165, 1.54) is 10.8 Å². The van der Waals surface area contributed by atoms with E-state index in [4.69, 9.17) is 16.3 Å². The molecule has 0 atom stereocenters. The first kappa shape index (κ1) is 13.7. The number of alkyl halides is 1. The van der Waals surface area contributed by atoms with Crippen molar-refractivity contribution in [3.63, 3.8) is 0 Å². The molecule has 96 valence electrons. The quantitative estimate of drug-likeness (QED) is 0.510. The fourth-order valence-electron chi connectivity index (χ4n) is 1.85. The second kappa shape index (κ2) is 7.01. The minimum atomic E-state index is 0.741. The van der Waals surface area contributed by atoms with E-state index in [0.29, 0.717) is 0 Å². The largest absolute Gasteiger partial charge is 0.494 e. The summed E-state index contributed by atoms with van der Waals surface area (Å²) in [6, 6.07) is 12.5. The van der Waals surface area contributed by atoms with E-state index in [2.05, 4.69) is 40.2 Å². The maximum Gasteiger partial charge on any atom is 0.119 e. The van der Waals surface area contributed by atoms with Crippen LogP contribution >= 0.6 is 27.5 Å². The maximum absolute atomic E-state index is 5.74. The van der Waals surface area contributed by atoms with Gasteiger partial charge in [-0.1, -0.05) is 28.1 Å². The summed E-state index contributed by atoms with van der Waals surface area (Å²) in [5.74, 6) is 1.68. The van der Waals surface area contributed by atoms with Crippen molar-refractivity contribution in [1.82, 2.24) is 0 Å². The summed E-state index contributed by atoms with van der Waals surface area (Å²) < 4.78 is 6.84. The Morgan fingerprint density at radius 3 is 2.56 bits per heavy atom. The van der Waals surface area contributed by atoms with Crippen LogP contribution in [0.3, 0.4) is 0 Å². The number of fused-ring (bicyclic) bond motifs is 1. The maximum atomic E-state index is 5.74. The highest BCUT2D eigenvalue weighted by molar-refractivity contribution is 9.10. The van der Waals surface area contributed by atoms with Crippen molar-refractivity contribution in [1.29, 1.82) is 0 Å². The van der Waals surface area contributed by atoms with Crippen LogP contribution in [-0.4, -0.2) is 12.5 Å². The van der Waals surface area contributed by atoms with Crippen molar-refractivity contribution in [3.05, 3.63) is 40.9 Å². The van der Waals surface area contributed by atoms with E-state index < -0.39 is 0 Å². The van der Waals surface area contributed by atoms with Crippen molar-refractivity contribution in [2.75, 3.05) is 12.5 Å². The summed E-state index contributed by atoms with van der Waals surface area (Å²) in [5.41, 5.74) is 0. The van der Waals surface area contributed by atoms with Crippen LogP contribution in [-0.2, 0) is 0 Å². The molecule has 2 aromatic carbocycles. The lowest BCUT2D eigenvalue weighted by Crippen LogP contribution is -1.97. The van der Waals surface area contributed by atoms with E-state index in [-0.39, 0.29) is 0 Å². The summed E-state index contributed by atoms with van der Waals surface area (Å²) in [4.78, 5) is 0. The number of benzene rings is 2. The second-order valence-corrected chi connectivity index (χ2v) is 5.55. The van der Waals surface area contributed by atoms with Crippen molar-refractivity contribution in [3.8, 4) is 5.75 Å². The molecule has 0 aromatic heterocycles. The molecule has 0 amide bonds. The molecule has 1 nitrogen and oxygen atoms in total. The average Bonchev–Trinajstić information content (AvgIpc) is 2.38. The van der Waals surface area contributed by atoms with Crippen LogP contribution in [0, 0.1) is 0 Å². The minimum Gasteiger partial charge on any atom is -0.494 e. The van der Waals surface area contributed by atoms with E-state index in [1.807, 2.05) is 12.1 Å². The molecule has 0 saturated carbocycles. The van der Waals surface area contributed by atoms with Gasteiger partial charge in [0.1, 0.15) is 5.75 Å². The highest BCUT2D eigenvalue weighted by Gasteiger charge is 1.98. The van der Waals surface area contributed by atoms with Gasteiger partial charge >= 0.3 is 0 Å². The first-order chi connectivity index (χ1) is 8.79. The molecule has 0 saturated heterocycles. The summed E-state index contributed by atoms with van der Waals surface area (Å²) in [6.45, 7) is 0.763. The molecule has 0 aliphatic rings. The highest BCUT2D eigenvalue weighted by Crippen LogP contribution is 2.24. The Labute approximate surface area is 121 Å². The first-order valence-electron chi connectivity index (χ1n) is 6.18. The fraction of sp³-hybridized carbons (Fsp3) is 0.333. The van der Waals surface area contributed by atoms with Gasteiger partial charge < -0.3 is 4.74 Å². The van der Waals surface area contributed by atoms with Crippen LogP contribution in [0.2, 0.25) is 0 Å². The second-order valence-electron chi connectivity index (χ2n) is 4.25. The summed E-state index contributed by atoms with van der Waals surface area (Å²) in [6.07, 6.45) is 3.26. The zero-order chi connectivity index (χ0) is 12.8. The number of hydrogen-bond acceptors (Lipinski definition) is 1. The smallest absolute Gasteiger partial charge is 0.119 e. The van der Waals surface area contributed by atoms with Gasteiger partial charge in [0, 0.05) is 10.4 Å². The van der Waals surface area contributed by atoms with Gasteiger partial charge in [-0.05, 0) is 54.3 Å². The van der Waals surface area contributed by atoms with Crippen LogP contribution in [0.1, 0.15) is 19.3 Å². The Hall–Kier alpha value is -0.730. The van der Waals surface area contributed by atoms with Crippen molar-refractivity contribution in [2.24, 2.45) is 0 Å². The molecular weight excluding hydrogens is 312 g/mol. The topological polar surface area (TPSA) is 9.23 Å². The molecule has 2 aromatic rings. The Bertz CT molecular complexity index is 513. The monoisotopic (exact) mass is 326 g/mol. The number of rotatable bonds is 6. The average molecular weight is 328 g/mol. The fourth-order valence-corrected chi connectivity index (χ4v) is 2.42. The predicted molar refractivity (Wildman–Crippen MR) is 81.7 cm³/mol. The minimum absolute atomic E-state index is 0.741. The molecule has 18 heavy (non-hydrogen) atoms. The number of hydrogen-bond donors (Lipinski definition) is 0. The van der Waals surface area contributed by atoms with E-state index in [0.717, 1.165) is 42.0 Å². The Kier molecular flexibility index (Phi) is 5.33. The van der Waals surface area contributed by atoms with Crippen molar-refractivity contribution in [2.45, 2.75) is 19.3 Å². The lowest BCUT2D eigenvalue weighted by atomic mass is 10.1. The lowest BCUT2D eigenvalue weighted by molar-refractivity contribution is 0.307. The van der Waals surface area contributed by atoms with Crippen molar-refractivity contribution >= 4 is 38.3 Å². The number of halogens is 2. The lowest BCUT2D eigenvalue weighted by Gasteiger charge is -2.07. The van der Waals surface area contributed by atoms with Gasteiger partial charge in [0.2, 0.25) is 0 Å². The Balaban J connectivity index is 1.95. The molecule has 0 aliphatic carbocycles. The molecule has 0 aliphatic heterocycles. The van der Waals surface area contributed by atoms with Crippen LogP contribution in [0.4, 0.5) is 0 Å². The molecule has 0 N–H and O–H groups in total. The van der Waals surface area contributed by atoms with Gasteiger partial charge in [-0.2, -0.15) is 0 Å². The van der Waals surface area contributed by atoms with Crippen LogP contribution < -0.4 is 4.74 Å². The van der Waals surface area contributed by atoms with E-state index in [1.54, 1.807) is 0 Å². The van der Waals surface area contributed by atoms with Crippen LogP contribution in [0.15, 0.2) is 40.9 Å². The molecular formula is C15H16BrClO. The molecule has 0 radical (unpaired) electrons. The van der Waals surface area contributed by atoms with Crippen molar-refractivity contribution < 1.29 is 4.74 Å². The summed E-state index contributed by atoms with van der Waals surface area (Å²) >= 11 is 9.11. The highest BCUT2D eigenvalue weighted by atomic mass is 79.9. The van der Waals surface area contributed by atoms with Gasteiger partial charge in [-0.3, -0.25) is 0 Å². The Morgan fingerprint density at radius 2 is 1.72 bits per heavy atom. The van der Waals surface area contributed by atoms with Crippen LogP contribution in [0.5, 0.6) is 5.75 Å². The van der Waals surface area contributed by atoms with Gasteiger partial charge in [-0.15, -0.1) is 11.6 Å². The SMILES string of the molecule is ClCCCCCOc1ccc2cc(Br)ccc2c1. The first-order valence-corrected chi connectivity index (χ1v) is 7.50. The third-order valence-corrected chi connectivity index (χ3v) is 3.58.